The lowest BCUT2D eigenvalue weighted by atomic mass is 9.75. The van der Waals surface area contributed by atoms with Gasteiger partial charge in [-0.25, -0.2) is 0 Å². The Morgan fingerprint density at radius 3 is 1.70 bits per heavy atom. The van der Waals surface area contributed by atoms with Crippen LogP contribution in [0.4, 0.5) is 0 Å². The third-order valence-electron chi connectivity index (χ3n) is 2.30. The lowest BCUT2D eigenvalue weighted by molar-refractivity contribution is -0.158. The molecule has 0 aromatic carbocycles. The first-order valence-corrected chi connectivity index (χ1v) is 3.53. The molecule has 0 bridgehead atoms. The number of hydrogen-bond donors (Lipinski definition) is 1. The smallest absolute Gasteiger partial charge is 0.242 e. The van der Waals surface area contributed by atoms with E-state index in [0.717, 1.165) is 0 Å². The van der Waals surface area contributed by atoms with Gasteiger partial charge in [-0.1, -0.05) is 13.8 Å². The van der Waals surface area contributed by atoms with Crippen LogP contribution < -0.4 is 5.32 Å². The summed E-state index contributed by atoms with van der Waals surface area (Å²) in [6.45, 7) is 3.72. The molecule has 2 amide bonds. The summed E-state index contributed by atoms with van der Waals surface area (Å²) in [5, 5.41) is 2.22. The fourth-order valence-electron chi connectivity index (χ4n) is 1.28. The molecular weight excluding hydrogens is 130 g/mol. The second-order valence-electron chi connectivity index (χ2n) is 2.57. The minimum absolute atomic E-state index is 0.109. The SMILES string of the molecule is CCC1(CC)C(=O)NC1=O. The van der Waals surface area contributed by atoms with E-state index in [4.69, 9.17) is 0 Å². The van der Waals surface area contributed by atoms with Crippen LogP contribution in [0.5, 0.6) is 0 Å². The van der Waals surface area contributed by atoms with Gasteiger partial charge in [0.15, 0.2) is 0 Å². The summed E-state index contributed by atoms with van der Waals surface area (Å²) in [5.41, 5.74) is -0.667. The number of rotatable bonds is 2. The fraction of sp³-hybridized carbons (Fsp3) is 0.714. The average molecular weight is 141 g/mol. The maximum atomic E-state index is 10.9. The van der Waals surface area contributed by atoms with Gasteiger partial charge in [-0.2, -0.15) is 0 Å². The molecule has 0 aliphatic carbocycles. The number of nitrogens with one attached hydrogen (secondary N) is 1. The molecule has 0 saturated carbocycles. The maximum absolute atomic E-state index is 10.9. The quantitative estimate of drug-likeness (QED) is 0.448. The van der Waals surface area contributed by atoms with Crippen molar-refractivity contribution in [3.8, 4) is 0 Å². The lowest BCUT2D eigenvalue weighted by Gasteiger charge is -2.36. The predicted molar refractivity (Wildman–Crippen MR) is 36.2 cm³/mol. The van der Waals surface area contributed by atoms with Gasteiger partial charge in [-0.15, -0.1) is 0 Å². The Morgan fingerprint density at radius 1 is 1.20 bits per heavy atom. The fourth-order valence-corrected chi connectivity index (χ4v) is 1.28. The summed E-state index contributed by atoms with van der Waals surface area (Å²) >= 11 is 0. The van der Waals surface area contributed by atoms with E-state index in [9.17, 15) is 9.59 Å². The highest BCUT2D eigenvalue weighted by molar-refractivity contribution is 6.21. The normalized spacial score (nSPS) is 21.8. The van der Waals surface area contributed by atoms with Crippen LogP contribution in [0.2, 0.25) is 0 Å². The van der Waals surface area contributed by atoms with Gasteiger partial charge >= 0.3 is 0 Å². The van der Waals surface area contributed by atoms with Crippen LogP contribution in [-0.4, -0.2) is 11.8 Å². The van der Waals surface area contributed by atoms with Crippen molar-refractivity contribution in [1.29, 1.82) is 0 Å². The van der Waals surface area contributed by atoms with Crippen molar-refractivity contribution >= 4 is 11.8 Å². The molecule has 56 valence electrons. The molecule has 1 fully saturated rings. The summed E-state index contributed by atoms with van der Waals surface area (Å²) < 4.78 is 0. The minimum atomic E-state index is -0.667. The van der Waals surface area contributed by atoms with Crippen molar-refractivity contribution in [2.75, 3.05) is 0 Å². The number of imide groups is 1. The van der Waals surface area contributed by atoms with Gasteiger partial charge in [-0.05, 0) is 12.8 Å². The van der Waals surface area contributed by atoms with E-state index in [2.05, 4.69) is 5.32 Å². The molecule has 0 unspecified atom stereocenters. The molecule has 1 N–H and O–H groups in total. The van der Waals surface area contributed by atoms with Crippen molar-refractivity contribution in [3.05, 3.63) is 0 Å². The molecule has 1 aliphatic rings. The van der Waals surface area contributed by atoms with Crippen molar-refractivity contribution in [2.24, 2.45) is 5.41 Å². The molecule has 1 aliphatic heterocycles. The molecule has 0 radical (unpaired) electrons. The van der Waals surface area contributed by atoms with E-state index in [1.807, 2.05) is 13.8 Å². The lowest BCUT2D eigenvalue weighted by Crippen LogP contribution is -2.63. The van der Waals surface area contributed by atoms with Crippen LogP contribution in [0.15, 0.2) is 0 Å². The number of carbonyl (C=O) groups excluding carboxylic acids is 2. The Kier molecular flexibility index (Phi) is 1.50. The molecule has 1 saturated heterocycles. The molecule has 3 heteroatoms. The highest BCUT2D eigenvalue weighted by Gasteiger charge is 2.51. The van der Waals surface area contributed by atoms with E-state index in [-0.39, 0.29) is 11.8 Å². The Hall–Kier alpha value is -0.860. The molecule has 1 rings (SSSR count). The van der Waals surface area contributed by atoms with Crippen LogP contribution in [0.25, 0.3) is 0 Å². The van der Waals surface area contributed by atoms with Crippen LogP contribution in [0.1, 0.15) is 26.7 Å². The molecule has 1 heterocycles. The van der Waals surface area contributed by atoms with E-state index in [1.165, 1.54) is 0 Å². The van der Waals surface area contributed by atoms with Gasteiger partial charge in [0.05, 0.1) is 0 Å². The van der Waals surface area contributed by atoms with Crippen molar-refractivity contribution in [2.45, 2.75) is 26.7 Å². The molecule has 10 heavy (non-hydrogen) atoms. The van der Waals surface area contributed by atoms with E-state index < -0.39 is 5.41 Å². The third kappa shape index (κ3) is 0.602. The van der Waals surface area contributed by atoms with Gasteiger partial charge in [0.1, 0.15) is 5.41 Å². The molecule has 0 atom stereocenters. The highest BCUT2D eigenvalue weighted by Crippen LogP contribution is 2.32. The van der Waals surface area contributed by atoms with Gasteiger partial charge in [0.2, 0.25) is 11.8 Å². The first-order chi connectivity index (χ1) is 4.67. The standard InChI is InChI=1S/C7H11NO2/c1-3-7(4-2)5(9)8-6(7)10/h3-4H2,1-2H3,(H,8,9,10). The number of β-lactam (4-membered cyclic amide) rings is 2. The number of carbonyl (C=O) groups is 2. The van der Waals surface area contributed by atoms with Crippen LogP contribution in [0, 0.1) is 5.41 Å². The van der Waals surface area contributed by atoms with Crippen LogP contribution in [0.3, 0.4) is 0 Å². The summed E-state index contributed by atoms with van der Waals surface area (Å²) in [5.74, 6) is -0.218. The van der Waals surface area contributed by atoms with Gasteiger partial charge < -0.3 is 0 Å². The highest BCUT2D eigenvalue weighted by atomic mass is 16.2. The third-order valence-corrected chi connectivity index (χ3v) is 2.30. The summed E-state index contributed by atoms with van der Waals surface area (Å²) in [6, 6.07) is 0. The van der Waals surface area contributed by atoms with E-state index in [0.29, 0.717) is 12.8 Å². The monoisotopic (exact) mass is 141 g/mol. The summed E-state index contributed by atoms with van der Waals surface area (Å²) in [4.78, 5) is 21.8. The van der Waals surface area contributed by atoms with E-state index >= 15 is 0 Å². The average Bonchev–Trinajstić information content (AvgIpc) is 1.91. The molecule has 0 aromatic rings. The number of hydrogen-bond acceptors (Lipinski definition) is 2. The Morgan fingerprint density at radius 2 is 1.60 bits per heavy atom. The van der Waals surface area contributed by atoms with E-state index in [1.54, 1.807) is 0 Å². The van der Waals surface area contributed by atoms with Gasteiger partial charge in [0, 0.05) is 0 Å². The van der Waals surface area contributed by atoms with Crippen LogP contribution >= 0.6 is 0 Å². The molecular formula is C7H11NO2. The molecule has 0 aromatic heterocycles. The number of amides is 2. The summed E-state index contributed by atoms with van der Waals surface area (Å²) in [6.07, 6.45) is 1.24. The topological polar surface area (TPSA) is 46.2 Å². The largest absolute Gasteiger partial charge is 0.295 e. The second-order valence-corrected chi connectivity index (χ2v) is 2.57. The maximum Gasteiger partial charge on any atom is 0.242 e. The summed E-state index contributed by atoms with van der Waals surface area (Å²) in [7, 11) is 0. The Balaban J connectivity index is 2.81. The van der Waals surface area contributed by atoms with Crippen molar-refractivity contribution in [3.63, 3.8) is 0 Å². The van der Waals surface area contributed by atoms with Crippen molar-refractivity contribution < 1.29 is 9.59 Å². The zero-order valence-corrected chi connectivity index (χ0v) is 6.23. The minimum Gasteiger partial charge on any atom is -0.295 e. The van der Waals surface area contributed by atoms with Crippen molar-refractivity contribution in [1.82, 2.24) is 5.32 Å². The zero-order valence-electron chi connectivity index (χ0n) is 6.23. The second kappa shape index (κ2) is 2.08. The molecule has 0 spiro atoms. The Bertz CT molecular complexity index is 166. The molecule has 3 nitrogen and oxygen atoms in total. The van der Waals surface area contributed by atoms with Crippen LogP contribution in [-0.2, 0) is 9.59 Å². The Labute approximate surface area is 59.8 Å². The zero-order chi connectivity index (χ0) is 7.78. The predicted octanol–water partition coefficient (Wildman–Crippen LogP) is 0.449. The van der Waals surface area contributed by atoms with Gasteiger partial charge in [0.25, 0.3) is 0 Å². The van der Waals surface area contributed by atoms with Gasteiger partial charge in [-0.3, -0.25) is 14.9 Å². The first-order valence-electron chi connectivity index (χ1n) is 3.53. The first kappa shape index (κ1) is 7.25.